The van der Waals surface area contributed by atoms with Gasteiger partial charge in [-0.3, -0.25) is 9.59 Å². The number of benzene rings is 1. The van der Waals surface area contributed by atoms with Gasteiger partial charge in [-0.1, -0.05) is 19.6 Å². The summed E-state index contributed by atoms with van der Waals surface area (Å²) in [6.07, 6.45) is 2.82. The number of methoxy groups -OCH3 is 1. The number of nitrogens with zero attached hydrogens (tertiary/aromatic N) is 4. The summed E-state index contributed by atoms with van der Waals surface area (Å²) in [7, 11) is 1.41. The molecule has 0 saturated heterocycles. The molecule has 0 N–H and O–H groups in total. The first-order valence-corrected chi connectivity index (χ1v) is 14.2. The van der Waals surface area contributed by atoms with Crippen molar-refractivity contribution in [2.75, 3.05) is 13.7 Å². The molecule has 1 aromatic carbocycles. The first-order chi connectivity index (χ1) is 15.5. The van der Waals surface area contributed by atoms with Gasteiger partial charge in [-0.25, -0.2) is 9.37 Å². The molecule has 8 nitrogen and oxygen atoms in total. The van der Waals surface area contributed by atoms with E-state index in [1.165, 1.54) is 41.9 Å². The topological polar surface area (TPSA) is 99.1 Å². The molecule has 0 saturated carbocycles. The third kappa shape index (κ3) is 4.83. The van der Waals surface area contributed by atoms with E-state index in [2.05, 4.69) is 30.7 Å². The predicted molar refractivity (Wildman–Crippen MR) is 125 cm³/mol. The monoisotopic (exact) mass is 470 g/mol. The van der Waals surface area contributed by atoms with E-state index < -0.39 is 25.4 Å². The van der Waals surface area contributed by atoms with Crippen molar-refractivity contribution in [2.24, 2.45) is 7.05 Å². The average molecular weight is 471 g/mol. The summed E-state index contributed by atoms with van der Waals surface area (Å²) >= 11 is 0. The summed E-state index contributed by atoms with van der Waals surface area (Å²) in [6.45, 7) is 8.36. The maximum absolute atomic E-state index is 15.6. The Hall–Kier alpha value is -3.45. The minimum Gasteiger partial charge on any atom is -0.492 e. The van der Waals surface area contributed by atoms with E-state index in [0.717, 1.165) is 6.04 Å². The number of hydrogen-bond acceptors (Lipinski definition) is 6. The van der Waals surface area contributed by atoms with Gasteiger partial charge >= 0.3 is 5.97 Å². The van der Waals surface area contributed by atoms with E-state index in [0.29, 0.717) is 6.61 Å². The maximum Gasteiger partial charge on any atom is 0.325 e. The molecule has 0 unspecified atom stereocenters. The molecule has 10 heteroatoms. The number of carbonyl (C=O) groups excluding carboxylic acids is 1. The molecule has 0 aliphatic carbocycles. The van der Waals surface area contributed by atoms with Crippen molar-refractivity contribution in [1.29, 1.82) is 5.26 Å². The number of aryl methyl sites for hydroxylation is 1. The van der Waals surface area contributed by atoms with E-state index in [9.17, 15) is 14.9 Å². The van der Waals surface area contributed by atoms with Crippen molar-refractivity contribution >= 4 is 25.1 Å². The lowest BCUT2D eigenvalue weighted by molar-refractivity contribution is -0.141. The number of esters is 1. The quantitative estimate of drug-likeness (QED) is 0.386. The molecule has 2 heterocycles. The molecular formula is C23H27FN4O4Si. The summed E-state index contributed by atoms with van der Waals surface area (Å²) in [5.74, 6) is -0.928. The fourth-order valence-electron chi connectivity index (χ4n) is 3.49. The van der Waals surface area contributed by atoms with Gasteiger partial charge in [0.05, 0.1) is 31.0 Å². The molecule has 0 radical (unpaired) electrons. The van der Waals surface area contributed by atoms with Crippen LogP contribution in [0.1, 0.15) is 11.1 Å². The number of rotatable bonds is 7. The van der Waals surface area contributed by atoms with E-state index in [-0.39, 0.29) is 45.6 Å². The van der Waals surface area contributed by atoms with Gasteiger partial charge in [-0.2, -0.15) is 5.26 Å². The zero-order chi connectivity index (χ0) is 24.5. The zero-order valence-corrected chi connectivity index (χ0v) is 20.7. The van der Waals surface area contributed by atoms with Gasteiger partial charge in [0.2, 0.25) is 0 Å². The highest BCUT2D eigenvalue weighted by Crippen LogP contribution is 2.37. The Morgan fingerprint density at radius 1 is 1.30 bits per heavy atom. The molecule has 2 aromatic heterocycles. The molecule has 0 fully saturated rings. The Morgan fingerprint density at radius 2 is 2.00 bits per heavy atom. The van der Waals surface area contributed by atoms with Crippen molar-refractivity contribution in [3.05, 3.63) is 45.9 Å². The summed E-state index contributed by atoms with van der Waals surface area (Å²) in [6, 6.07) is 4.33. The van der Waals surface area contributed by atoms with Crippen LogP contribution in [0.25, 0.3) is 22.2 Å². The van der Waals surface area contributed by atoms with E-state index in [1.54, 1.807) is 6.92 Å². The van der Waals surface area contributed by atoms with Crippen LogP contribution in [0.15, 0.2) is 23.4 Å². The molecule has 174 valence electrons. The van der Waals surface area contributed by atoms with Crippen LogP contribution >= 0.6 is 0 Å². The molecule has 3 aromatic rings. The Bertz CT molecular complexity index is 1330. The number of halogens is 1. The molecular weight excluding hydrogens is 443 g/mol. The number of hydrogen-bond donors (Lipinski definition) is 0. The standard InChI is InChI=1S/C23H27FN4O4Si/c1-14-20(24)16(9-15(10-25)21(14)32-7-8-33(4,5)6)17-11-28(12-18(29)31-3)22-19(17)23(30)27(2)13-26-22/h9,11,13H,7-8,12H2,1-6H3. The Labute approximate surface area is 192 Å². The summed E-state index contributed by atoms with van der Waals surface area (Å²) in [4.78, 5) is 29.1. The van der Waals surface area contributed by atoms with Crippen LogP contribution in [0.3, 0.4) is 0 Å². The number of ether oxygens (including phenoxy) is 2. The van der Waals surface area contributed by atoms with Gasteiger partial charge in [0.15, 0.2) is 0 Å². The number of carbonyl (C=O) groups is 1. The van der Waals surface area contributed by atoms with Crippen molar-refractivity contribution in [1.82, 2.24) is 14.1 Å². The van der Waals surface area contributed by atoms with Crippen LogP contribution < -0.4 is 10.3 Å². The molecule has 0 aliphatic heterocycles. The van der Waals surface area contributed by atoms with E-state index >= 15 is 4.39 Å². The van der Waals surface area contributed by atoms with Gasteiger partial charge in [0, 0.05) is 38.0 Å². The second-order valence-electron chi connectivity index (χ2n) is 9.12. The maximum atomic E-state index is 15.6. The number of fused-ring (bicyclic) bond motifs is 1. The molecule has 0 atom stereocenters. The average Bonchev–Trinajstić information content (AvgIpc) is 3.11. The fraction of sp³-hybridized carbons (Fsp3) is 0.391. The first-order valence-electron chi connectivity index (χ1n) is 10.5. The SMILES string of the molecule is COC(=O)Cn1cc(-c2cc(C#N)c(OCC[Si](C)(C)C)c(C)c2F)c2c(=O)n(C)cnc21. The molecule has 3 rings (SSSR count). The Balaban J connectivity index is 2.20. The van der Waals surface area contributed by atoms with Gasteiger partial charge in [-0.05, 0) is 19.0 Å². The normalized spacial score (nSPS) is 11.5. The summed E-state index contributed by atoms with van der Waals surface area (Å²) < 4.78 is 28.9. The van der Waals surface area contributed by atoms with E-state index in [4.69, 9.17) is 9.47 Å². The molecule has 33 heavy (non-hydrogen) atoms. The second kappa shape index (κ2) is 9.19. The van der Waals surface area contributed by atoms with E-state index in [1.807, 2.05) is 0 Å². The smallest absolute Gasteiger partial charge is 0.325 e. The first kappa shape index (κ1) is 24.2. The van der Waals surface area contributed by atoms with Crippen LogP contribution in [-0.2, 0) is 23.1 Å². The second-order valence-corrected chi connectivity index (χ2v) is 14.7. The van der Waals surface area contributed by atoms with Crippen molar-refractivity contribution < 1.29 is 18.7 Å². The number of nitriles is 1. The lowest BCUT2D eigenvalue weighted by Gasteiger charge is -2.18. The van der Waals surface area contributed by atoms with Crippen LogP contribution in [0, 0.1) is 24.1 Å². The minimum atomic E-state index is -1.38. The Morgan fingerprint density at radius 3 is 2.61 bits per heavy atom. The highest BCUT2D eigenvalue weighted by molar-refractivity contribution is 6.76. The van der Waals surface area contributed by atoms with Crippen molar-refractivity contribution in [3.8, 4) is 22.9 Å². The fourth-order valence-corrected chi connectivity index (χ4v) is 4.21. The van der Waals surface area contributed by atoms with Gasteiger partial charge in [0.25, 0.3) is 5.56 Å². The number of aromatic nitrogens is 3. The lowest BCUT2D eigenvalue weighted by Crippen LogP contribution is -2.22. The molecule has 0 amide bonds. The van der Waals surface area contributed by atoms with Crippen molar-refractivity contribution in [3.63, 3.8) is 0 Å². The van der Waals surface area contributed by atoms with Gasteiger partial charge in [0.1, 0.15) is 29.8 Å². The minimum absolute atomic E-state index is 0.0697. The van der Waals surface area contributed by atoms with Crippen molar-refractivity contribution in [2.45, 2.75) is 39.2 Å². The largest absolute Gasteiger partial charge is 0.492 e. The third-order valence-electron chi connectivity index (χ3n) is 5.41. The van der Waals surface area contributed by atoms with Crippen LogP contribution in [0.4, 0.5) is 4.39 Å². The highest BCUT2D eigenvalue weighted by Gasteiger charge is 2.24. The predicted octanol–water partition coefficient (Wildman–Crippen LogP) is 3.61. The molecule has 0 spiro atoms. The third-order valence-corrected chi connectivity index (χ3v) is 7.12. The van der Waals surface area contributed by atoms with Crippen LogP contribution in [-0.4, -0.2) is 41.9 Å². The van der Waals surface area contributed by atoms with Gasteiger partial charge in [-0.15, -0.1) is 0 Å². The lowest BCUT2D eigenvalue weighted by atomic mass is 9.99. The van der Waals surface area contributed by atoms with Gasteiger partial charge < -0.3 is 18.6 Å². The van der Waals surface area contributed by atoms with Crippen LogP contribution in [0.2, 0.25) is 25.7 Å². The summed E-state index contributed by atoms with van der Waals surface area (Å²) in [5, 5.41) is 9.90. The molecule has 0 aliphatic rings. The Kier molecular flexibility index (Phi) is 6.74. The summed E-state index contributed by atoms with van der Waals surface area (Å²) in [5.41, 5.74) is 0.506. The zero-order valence-electron chi connectivity index (χ0n) is 19.7. The highest BCUT2D eigenvalue weighted by atomic mass is 28.3. The van der Waals surface area contributed by atoms with Crippen LogP contribution in [0.5, 0.6) is 5.75 Å². The molecule has 0 bridgehead atoms.